The van der Waals surface area contributed by atoms with Gasteiger partial charge in [0.15, 0.2) is 0 Å². The maximum absolute atomic E-state index is 13.3. The first-order chi connectivity index (χ1) is 17.2. The Morgan fingerprint density at radius 1 is 0.972 bits per heavy atom. The Morgan fingerprint density at radius 2 is 1.58 bits per heavy atom. The molecule has 8 nitrogen and oxygen atoms in total. The average molecular weight is 517 g/mol. The lowest BCUT2D eigenvalue weighted by molar-refractivity contribution is -0.133. The molecule has 2 aromatic rings. The summed E-state index contributed by atoms with van der Waals surface area (Å²) >= 11 is 0. The van der Waals surface area contributed by atoms with Gasteiger partial charge < -0.3 is 11.1 Å². The van der Waals surface area contributed by atoms with E-state index in [0.717, 1.165) is 24.8 Å². The topological polar surface area (TPSA) is 113 Å². The summed E-state index contributed by atoms with van der Waals surface area (Å²) < 4.78 is 41.0. The molecule has 0 bridgehead atoms. The summed E-state index contributed by atoms with van der Waals surface area (Å²) in [5, 5.41) is 2.78. The number of nitrogens with zero attached hydrogens (tertiary/aromatic N) is 2. The zero-order valence-corrected chi connectivity index (χ0v) is 21.2. The van der Waals surface area contributed by atoms with Gasteiger partial charge >= 0.3 is 0 Å². The molecule has 1 saturated carbocycles. The summed E-state index contributed by atoms with van der Waals surface area (Å²) in [4.78, 5) is 27.9. The van der Waals surface area contributed by atoms with Crippen LogP contribution in [0.2, 0.25) is 0 Å². The number of halogens is 1. The number of aryl methyl sites for hydroxylation is 1. The molecule has 0 aromatic heterocycles. The van der Waals surface area contributed by atoms with Gasteiger partial charge in [-0.15, -0.1) is 0 Å². The van der Waals surface area contributed by atoms with E-state index in [-0.39, 0.29) is 22.8 Å². The number of carbonyl (C=O) groups is 2. The highest BCUT2D eigenvalue weighted by Crippen LogP contribution is 2.31. The molecule has 1 heterocycles. The van der Waals surface area contributed by atoms with E-state index in [2.05, 4.69) is 10.2 Å². The predicted molar refractivity (Wildman–Crippen MR) is 134 cm³/mol. The summed E-state index contributed by atoms with van der Waals surface area (Å²) in [6.07, 6.45) is 3.37. The minimum Gasteiger partial charge on any atom is -0.368 e. The van der Waals surface area contributed by atoms with Gasteiger partial charge in [-0.1, -0.05) is 42.7 Å². The van der Waals surface area contributed by atoms with E-state index >= 15 is 0 Å². The number of nitrogens with one attached hydrogen (secondary N) is 1. The lowest BCUT2D eigenvalue weighted by atomic mass is 9.82. The number of hydrogen-bond donors (Lipinski definition) is 2. The van der Waals surface area contributed by atoms with Crippen molar-refractivity contribution in [1.82, 2.24) is 14.5 Å². The van der Waals surface area contributed by atoms with E-state index in [1.165, 1.54) is 28.6 Å². The van der Waals surface area contributed by atoms with Crippen LogP contribution in [-0.4, -0.2) is 61.7 Å². The number of carbonyl (C=O) groups excluding carboxylic acids is 2. The number of nitrogens with two attached hydrogens (primary N) is 1. The van der Waals surface area contributed by atoms with Gasteiger partial charge in [-0.2, -0.15) is 4.31 Å². The molecule has 2 amide bonds. The van der Waals surface area contributed by atoms with Crippen LogP contribution in [0.3, 0.4) is 0 Å². The molecule has 2 aromatic carbocycles. The van der Waals surface area contributed by atoms with Crippen molar-refractivity contribution in [3.05, 3.63) is 65.5 Å². The summed E-state index contributed by atoms with van der Waals surface area (Å²) in [7, 11) is -3.57. The second kappa shape index (κ2) is 11.1. The maximum Gasteiger partial charge on any atom is 0.244 e. The summed E-state index contributed by atoms with van der Waals surface area (Å²) in [5.41, 5.74) is 6.98. The highest BCUT2D eigenvalue weighted by molar-refractivity contribution is 7.89. The van der Waals surface area contributed by atoms with E-state index < -0.39 is 27.8 Å². The molecule has 194 valence electrons. The highest BCUT2D eigenvalue weighted by Gasteiger charge is 2.39. The number of primary amides is 1. The van der Waals surface area contributed by atoms with E-state index in [1.54, 1.807) is 24.3 Å². The van der Waals surface area contributed by atoms with Crippen LogP contribution in [0.15, 0.2) is 53.4 Å². The van der Waals surface area contributed by atoms with Crippen molar-refractivity contribution in [3.8, 4) is 0 Å². The van der Waals surface area contributed by atoms with Crippen LogP contribution in [0.5, 0.6) is 0 Å². The first-order valence-electron chi connectivity index (χ1n) is 12.3. The zero-order chi connectivity index (χ0) is 25.9. The molecule has 10 heteroatoms. The van der Waals surface area contributed by atoms with Crippen LogP contribution in [-0.2, 0) is 19.6 Å². The molecule has 3 N–H and O–H groups in total. The fourth-order valence-electron chi connectivity index (χ4n) is 5.21. The smallest absolute Gasteiger partial charge is 0.244 e. The number of hydrogen-bond acceptors (Lipinski definition) is 5. The standard InChI is InChI=1S/C26H33FN4O4S/c1-18-6-12-21(13-7-18)36(34,35)31-16-14-30(15-17-31)23-5-3-2-4-22(23)26(33)29-24(25(28)32)19-8-10-20(27)11-9-19/h6-13,22-24H,2-5,14-17H2,1H3,(H2,28,32)(H,29,33)/t22-,23-,24+/m1/s1. The third-order valence-corrected chi connectivity index (χ3v) is 9.15. The SMILES string of the molecule is Cc1ccc(S(=O)(=O)N2CCN([C@@H]3CCCC[C@H]3C(=O)N[C@H](C(N)=O)c3ccc(F)cc3)CC2)cc1. The number of amides is 2. The molecule has 1 aliphatic carbocycles. The molecular formula is C26H33FN4O4S. The molecule has 36 heavy (non-hydrogen) atoms. The lowest BCUT2D eigenvalue weighted by Crippen LogP contribution is -2.56. The van der Waals surface area contributed by atoms with Crippen LogP contribution in [0.25, 0.3) is 0 Å². The van der Waals surface area contributed by atoms with Crippen molar-refractivity contribution in [2.75, 3.05) is 26.2 Å². The number of rotatable bonds is 7. The third-order valence-electron chi connectivity index (χ3n) is 7.24. The van der Waals surface area contributed by atoms with Crippen molar-refractivity contribution in [2.24, 2.45) is 11.7 Å². The van der Waals surface area contributed by atoms with Gasteiger partial charge in [0.2, 0.25) is 21.8 Å². The Balaban J connectivity index is 1.42. The molecule has 1 aliphatic heterocycles. The Labute approximate surface area is 211 Å². The number of piperazine rings is 1. The molecule has 4 rings (SSSR count). The van der Waals surface area contributed by atoms with Crippen LogP contribution < -0.4 is 11.1 Å². The molecule has 2 aliphatic rings. The van der Waals surface area contributed by atoms with Gasteiger partial charge in [0.05, 0.1) is 10.8 Å². The zero-order valence-electron chi connectivity index (χ0n) is 20.4. The Morgan fingerprint density at radius 3 is 2.19 bits per heavy atom. The average Bonchev–Trinajstić information content (AvgIpc) is 2.88. The van der Waals surface area contributed by atoms with E-state index in [4.69, 9.17) is 5.73 Å². The molecule has 2 fully saturated rings. The number of benzene rings is 2. The molecule has 0 unspecified atom stereocenters. The van der Waals surface area contributed by atoms with Gasteiger partial charge in [0.25, 0.3) is 0 Å². The second-order valence-corrected chi connectivity index (χ2v) is 11.5. The first kappa shape index (κ1) is 26.2. The molecule has 3 atom stereocenters. The van der Waals surface area contributed by atoms with Crippen LogP contribution >= 0.6 is 0 Å². The highest BCUT2D eigenvalue weighted by atomic mass is 32.2. The van der Waals surface area contributed by atoms with Crippen molar-refractivity contribution >= 4 is 21.8 Å². The van der Waals surface area contributed by atoms with Gasteiger partial charge in [0, 0.05) is 32.2 Å². The monoisotopic (exact) mass is 516 g/mol. The van der Waals surface area contributed by atoms with Crippen LogP contribution in [0.4, 0.5) is 4.39 Å². The maximum atomic E-state index is 13.3. The fourth-order valence-corrected chi connectivity index (χ4v) is 6.63. The van der Waals surface area contributed by atoms with Gasteiger partial charge in [-0.05, 0) is 49.6 Å². The van der Waals surface area contributed by atoms with Gasteiger partial charge in [0.1, 0.15) is 11.9 Å². The van der Waals surface area contributed by atoms with Crippen LogP contribution in [0.1, 0.15) is 42.9 Å². The normalized spacial score (nSPS) is 22.6. The minimum absolute atomic E-state index is 0.0512. The van der Waals surface area contributed by atoms with Crippen LogP contribution in [0, 0.1) is 18.7 Å². The Bertz CT molecular complexity index is 1180. The lowest BCUT2D eigenvalue weighted by Gasteiger charge is -2.43. The second-order valence-electron chi connectivity index (χ2n) is 9.61. The summed E-state index contributed by atoms with van der Waals surface area (Å²) in [6, 6.07) is 11.1. The molecular weight excluding hydrogens is 483 g/mol. The molecule has 1 saturated heterocycles. The van der Waals surface area contributed by atoms with Crippen molar-refractivity contribution in [3.63, 3.8) is 0 Å². The van der Waals surface area contributed by atoms with E-state index in [1.807, 2.05) is 6.92 Å². The summed E-state index contributed by atoms with van der Waals surface area (Å²) in [5.74, 6) is -1.76. The van der Waals surface area contributed by atoms with E-state index in [9.17, 15) is 22.4 Å². The predicted octanol–water partition coefficient (Wildman–Crippen LogP) is 2.34. The first-order valence-corrected chi connectivity index (χ1v) is 13.8. The van der Waals surface area contributed by atoms with Crippen molar-refractivity contribution < 1.29 is 22.4 Å². The van der Waals surface area contributed by atoms with Crippen molar-refractivity contribution in [1.29, 1.82) is 0 Å². The van der Waals surface area contributed by atoms with Gasteiger partial charge in [-0.3, -0.25) is 14.5 Å². The fraction of sp³-hybridized carbons (Fsp3) is 0.462. The largest absolute Gasteiger partial charge is 0.368 e. The van der Waals surface area contributed by atoms with Crippen molar-refractivity contribution in [2.45, 2.75) is 49.6 Å². The Hall–Kier alpha value is -2.82. The van der Waals surface area contributed by atoms with Gasteiger partial charge in [-0.25, -0.2) is 12.8 Å². The minimum atomic E-state index is -3.57. The molecule has 0 spiro atoms. The molecule has 0 radical (unpaired) electrons. The number of sulfonamides is 1. The summed E-state index contributed by atoms with van der Waals surface area (Å²) in [6.45, 7) is 3.66. The van der Waals surface area contributed by atoms with E-state index in [0.29, 0.717) is 38.2 Å². The quantitative estimate of drug-likeness (QED) is 0.587. The third kappa shape index (κ3) is 5.77. The Kier molecular flexibility index (Phi) is 8.07.